The molecule has 1 heterocycles. The summed E-state index contributed by atoms with van der Waals surface area (Å²) in [6.07, 6.45) is 6.42. The fraction of sp³-hybridized carbons (Fsp3) is 0.926. The summed E-state index contributed by atoms with van der Waals surface area (Å²) < 4.78 is 0.221. The quantitative estimate of drug-likeness (QED) is 0.652. The van der Waals surface area contributed by atoms with Gasteiger partial charge in [0.05, 0.1) is 6.10 Å². The molecule has 5 heteroatoms. The number of Topliss-reactive ketones (excluding diaryl/α,β-unsaturated/α-hetero) is 2. The van der Waals surface area contributed by atoms with Gasteiger partial charge in [0, 0.05) is 47.9 Å². The van der Waals surface area contributed by atoms with Crippen LogP contribution >= 0.6 is 11.8 Å². The maximum absolute atomic E-state index is 13.9. The van der Waals surface area contributed by atoms with Gasteiger partial charge < -0.3 is 5.11 Å². The van der Waals surface area contributed by atoms with Crippen molar-refractivity contribution in [3.63, 3.8) is 0 Å². The van der Waals surface area contributed by atoms with Crippen molar-refractivity contribution in [1.29, 1.82) is 0 Å². The average molecular weight is 462 g/mol. The second-order valence-corrected chi connectivity index (χ2v) is 14.9. The molecule has 0 amide bonds. The Bertz CT molecular complexity index is 798. The summed E-state index contributed by atoms with van der Waals surface area (Å²) in [7, 11) is 0. The lowest BCUT2D eigenvalue weighted by molar-refractivity contribution is -0.169. The number of thioether (sulfide) groups is 1. The van der Waals surface area contributed by atoms with Gasteiger partial charge in [0.2, 0.25) is 0 Å². The smallest absolute Gasteiger partial charge is 0.137 e. The van der Waals surface area contributed by atoms with Gasteiger partial charge in [0.25, 0.3) is 0 Å². The Kier molecular flexibility index (Phi) is 5.70. The number of rotatable bonds is 2. The van der Waals surface area contributed by atoms with Crippen molar-refractivity contribution < 1.29 is 14.7 Å². The van der Waals surface area contributed by atoms with Crippen molar-refractivity contribution in [2.24, 2.45) is 40.4 Å². The number of aliphatic hydroxyl groups is 1. The van der Waals surface area contributed by atoms with Crippen LogP contribution in [-0.4, -0.2) is 57.3 Å². The van der Waals surface area contributed by atoms with Gasteiger partial charge in [-0.05, 0) is 87.9 Å². The zero-order valence-corrected chi connectivity index (χ0v) is 21.5. The summed E-state index contributed by atoms with van der Waals surface area (Å²) in [6.45, 7) is 13.1. The Balaban J connectivity index is 1.44. The van der Waals surface area contributed by atoms with Crippen LogP contribution in [0.3, 0.4) is 0 Å². The Morgan fingerprint density at radius 2 is 1.84 bits per heavy atom. The molecule has 4 aliphatic carbocycles. The highest BCUT2D eigenvalue weighted by Gasteiger charge is 2.64. The van der Waals surface area contributed by atoms with Crippen LogP contribution in [0.2, 0.25) is 0 Å². The van der Waals surface area contributed by atoms with Gasteiger partial charge in [-0.15, -0.1) is 0 Å². The van der Waals surface area contributed by atoms with E-state index < -0.39 is 0 Å². The van der Waals surface area contributed by atoms with E-state index in [2.05, 4.69) is 32.6 Å². The summed E-state index contributed by atoms with van der Waals surface area (Å²) in [5.41, 5.74) is -0.150. The SMILES string of the molecule is CC(=O)[C@H]1CC[C@H]2[C@@H]3CC[C@H]4C[C@H](O)[C@@H](N5CCSC(C)(C)C5)C[C@]4(C)[C@H]3C(=O)C[C@]12C. The van der Waals surface area contributed by atoms with Gasteiger partial charge in [-0.25, -0.2) is 0 Å². The van der Waals surface area contributed by atoms with Crippen molar-refractivity contribution in [3.8, 4) is 0 Å². The Hall–Kier alpha value is -0.390. The summed E-state index contributed by atoms with van der Waals surface area (Å²) in [5.74, 6) is 3.40. The summed E-state index contributed by atoms with van der Waals surface area (Å²) >= 11 is 2.04. The molecule has 4 saturated carbocycles. The molecule has 5 fully saturated rings. The lowest BCUT2D eigenvalue weighted by Gasteiger charge is -2.62. The largest absolute Gasteiger partial charge is 0.391 e. The molecule has 1 aliphatic heterocycles. The molecule has 5 rings (SSSR count). The minimum atomic E-state index is -0.277. The first-order chi connectivity index (χ1) is 15.0. The lowest BCUT2D eigenvalue weighted by Crippen LogP contribution is -2.63. The zero-order chi connectivity index (χ0) is 23.1. The predicted molar refractivity (Wildman–Crippen MR) is 130 cm³/mol. The average Bonchev–Trinajstić information content (AvgIpc) is 3.03. The molecule has 0 radical (unpaired) electrons. The molecule has 0 spiro atoms. The molecule has 1 N–H and O–H groups in total. The molecule has 1 saturated heterocycles. The molecule has 0 aromatic rings. The summed E-state index contributed by atoms with van der Waals surface area (Å²) in [4.78, 5) is 28.9. The van der Waals surface area contributed by atoms with Gasteiger partial charge in [-0.2, -0.15) is 11.8 Å². The Labute approximate surface area is 198 Å². The van der Waals surface area contributed by atoms with E-state index in [-0.39, 0.29) is 45.3 Å². The fourth-order valence-electron chi connectivity index (χ4n) is 9.47. The van der Waals surface area contributed by atoms with Crippen LogP contribution in [0.25, 0.3) is 0 Å². The van der Waals surface area contributed by atoms with Crippen LogP contribution in [0.5, 0.6) is 0 Å². The number of carbonyl (C=O) groups is 2. The second kappa shape index (κ2) is 7.81. The van der Waals surface area contributed by atoms with Crippen molar-refractivity contribution in [1.82, 2.24) is 4.90 Å². The standard InChI is InChI=1S/C27H43NO3S/c1-16(29)19-8-9-20-18-7-6-17-12-22(30)21(28-10-11-32-25(2,3)15-28)13-26(17,4)24(18)23(31)14-27(19,20)5/h17-22,24,30H,6-15H2,1-5H3/t17-,18-,19+,20-,21-,22-,24+,26-,27+/m0/s1. The first kappa shape index (κ1) is 23.4. The van der Waals surface area contributed by atoms with Gasteiger partial charge >= 0.3 is 0 Å². The molecule has 0 bridgehead atoms. The van der Waals surface area contributed by atoms with Gasteiger partial charge in [-0.3, -0.25) is 14.5 Å². The molecule has 9 atom stereocenters. The highest BCUT2D eigenvalue weighted by molar-refractivity contribution is 8.00. The Morgan fingerprint density at radius 3 is 2.53 bits per heavy atom. The van der Waals surface area contributed by atoms with E-state index in [1.54, 1.807) is 6.92 Å². The normalized spacial score (nSPS) is 50.9. The molecular formula is C27H43NO3S. The first-order valence-electron chi connectivity index (χ1n) is 13.1. The monoisotopic (exact) mass is 461 g/mol. The number of hydrogen-bond acceptors (Lipinski definition) is 5. The molecular weight excluding hydrogens is 418 g/mol. The highest BCUT2D eigenvalue weighted by atomic mass is 32.2. The van der Waals surface area contributed by atoms with Crippen LogP contribution in [-0.2, 0) is 9.59 Å². The number of carbonyl (C=O) groups excluding carboxylic acids is 2. The summed E-state index contributed by atoms with van der Waals surface area (Å²) in [5, 5.41) is 11.2. The minimum Gasteiger partial charge on any atom is -0.391 e. The minimum absolute atomic E-state index is 0.0196. The number of nitrogens with zero attached hydrogens (tertiary/aromatic N) is 1. The zero-order valence-electron chi connectivity index (χ0n) is 20.7. The van der Waals surface area contributed by atoms with Crippen LogP contribution in [0, 0.1) is 40.4 Å². The number of fused-ring (bicyclic) bond motifs is 5. The summed E-state index contributed by atoms with van der Waals surface area (Å²) in [6, 6.07) is 0.171. The van der Waals surface area contributed by atoms with Gasteiger partial charge in [0.1, 0.15) is 11.6 Å². The van der Waals surface area contributed by atoms with E-state index in [1.807, 2.05) is 11.8 Å². The van der Waals surface area contributed by atoms with Gasteiger partial charge in [0.15, 0.2) is 0 Å². The van der Waals surface area contributed by atoms with E-state index in [0.29, 0.717) is 30.0 Å². The maximum Gasteiger partial charge on any atom is 0.137 e. The first-order valence-corrected chi connectivity index (χ1v) is 14.0. The molecule has 0 aromatic heterocycles. The number of aliphatic hydroxyl groups excluding tert-OH is 1. The Morgan fingerprint density at radius 1 is 1.09 bits per heavy atom. The number of hydrogen-bond donors (Lipinski definition) is 1. The second-order valence-electron chi connectivity index (χ2n) is 13.1. The van der Waals surface area contributed by atoms with Crippen molar-refractivity contribution >= 4 is 23.3 Å². The van der Waals surface area contributed by atoms with Crippen LogP contribution in [0.1, 0.15) is 79.6 Å². The van der Waals surface area contributed by atoms with Crippen LogP contribution in [0.4, 0.5) is 0 Å². The number of ketones is 2. The predicted octanol–water partition coefficient (Wildman–Crippen LogP) is 4.58. The molecule has 0 aromatic carbocycles. The molecule has 180 valence electrons. The van der Waals surface area contributed by atoms with Crippen molar-refractivity contribution in [3.05, 3.63) is 0 Å². The van der Waals surface area contributed by atoms with Crippen LogP contribution in [0.15, 0.2) is 0 Å². The van der Waals surface area contributed by atoms with E-state index in [4.69, 9.17) is 0 Å². The van der Waals surface area contributed by atoms with Crippen molar-refractivity contribution in [2.45, 2.75) is 96.5 Å². The molecule has 5 aliphatic rings. The molecule has 0 unspecified atom stereocenters. The van der Waals surface area contributed by atoms with E-state index >= 15 is 0 Å². The third-order valence-electron chi connectivity index (χ3n) is 10.8. The lowest BCUT2D eigenvalue weighted by atomic mass is 9.43. The van der Waals surface area contributed by atoms with Gasteiger partial charge in [-0.1, -0.05) is 13.8 Å². The fourth-order valence-corrected chi connectivity index (χ4v) is 10.6. The van der Waals surface area contributed by atoms with Crippen LogP contribution < -0.4 is 0 Å². The van der Waals surface area contributed by atoms with Crippen molar-refractivity contribution in [2.75, 3.05) is 18.8 Å². The topological polar surface area (TPSA) is 57.6 Å². The van der Waals surface area contributed by atoms with E-state index in [0.717, 1.165) is 57.4 Å². The highest BCUT2D eigenvalue weighted by Crippen LogP contribution is 2.66. The van der Waals surface area contributed by atoms with E-state index in [9.17, 15) is 14.7 Å². The molecule has 4 nitrogen and oxygen atoms in total. The molecule has 32 heavy (non-hydrogen) atoms. The third kappa shape index (κ3) is 3.47. The third-order valence-corrected chi connectivity index (χ3v) is 12.1. The van der Waals surface area contributed by atoms with E-state index in [1.165, 1.54) is 0 Å². The maximum atomic E-state index is 13.9.